The van der Waals surface area contributed by atoms with E-state index >= 15 is 0 Å². The number of carbonyl (C=O) groups is 1. The predicted octanol–water partition coefficient (Wildman–Crippen LogP) is 3.30. The van der Waals surface area contributed by atoms with Crippen LogP contribution in [0.1, 0.15) is 65.7 Å². The number of esters is 1. The van der Waals surface area contributed by atoms with Gasteiger partial charge in [0.05, 0.1) is 19.1 Å². The van der Waals surface area contributed by atoms with Gasteiger partial charge in [-0.05, 0) is 25.7 Å². The Hall–Kier alpha value is -0.570. The van der Waals surface area contributed by atoms with E-state index in [-0.39, 0.29) is 25.1 Å². The smallest absolute Gasteiger partial charge is 0.308 e. The molecule has 0 saturated carbocycles. The van der Waals surface area contributed by atoms with Gasteiger partial charge in [-0.15, -0.1) is 0 Å². The summed E-state index contributed by atoms with van der Waals surface area (Å²) in [4.78, 5) is 11.1. The fourth-order valence-electron chi connectivity index (χ4n) is 1.74. The van der Waals surface area contributed by atoms with E-state index < -0.39 is 0 Å². The Morgan fingerprint density at radius 3 is 2.41 bits per heavy atom. The molecule has 0 aromatic carbocycles. The molecule has 0 saturated heterocycles. The SMILES string of the molecule is CCC(C)CCCCCC(C)OC(=O)CCO. The lowest BCUT2D eigenvalue weighted by molar-refractivity contribution is -0.149. The molecular formula is C14H28O3. The minimum absolute atomic E-state index is 0.0161. The topological polar surface area (TPSA) is 46.5 Å². The van der Waals surface area contributed by atoms with Crippen molar-refractivity contribution in [1.29, 1.82) is 0 Å². The van der Waals surface area contributed by atoms with Gasteiger partial charge in [0.15, 0.2) is 0 Å². The van der Waals surface area contributed by atoms with Crippen molar-refractivity contribution in [2.75, 3.05) is 6.61 Å². The van der Waals surface area contributed by atoms with E-state index in [1.807, 2.05) is 6.92 Å². The predicted molar refractivity (Wildman–Crippen MR) is 69.8 cm³/mol. The Labute approximate surface area is 106 Å². The summed E-state index contributed by atoms with van der Waals surface area (Å²) in [6.45, 7) is 6.32. The molecule has 0 radical (unpaired) electrons. The summed E-state index contributed by atoms with van der Waals surface area (Å²) in [6.07, 6.45) is 7.18. The van der Waals surface area contributed by atoms with Crippen molar-refractivity contribution in [2.24, 2.45) is 5.92 Å². The Kier molecular flexibility index (Phi) is 10.2. The minimum Gasteiger partial charge on any atom is -0.463 e. The Bertz CT molecular complexity index is 192. The van der Waals surface area contributed by atoms with Crippen LogP contribution in [-0.2, 0) is 9.53 Å². The third kappa shape index (κ3) is 10.3. The van der Waals surface area contributed by atoms with Crippen LogP contribution in [0.25, 0.3) is 0 Å². The maximum absolute atomic E-state index is 11.1. The molecule has 0 aliphatic heterocycles. The van der Waals surface area contributed by atoms with E-state index in [4.69, 9.17) is 9.84 Å². The van der Waals surface area contributed by atoms with E-state index in [2.05, 4.69) is 13.8 Å². The molecule has 0 aromatic heterocycles. The van der Waals surface area contributed by atoms with Crippen molar-refractivity contribution < 1.29 is 14.6 Å². The van der Waals surface area contributed by atoms with Gasteiger partial charge in [-0.25, -0.2) is 0 Å². The maximum atomic E-state index is 11.1. The monoisotopic (exact) mass is 244 g/mol. The Morgan fingerprint density at radius 2 is 1.82 bits per heavy atom. The van der Waals surface area contributed by atoms with Crippen LogP contribution in [0.15, 0.2) is 0 Å². The van der Waals surface area contributed by atoms with E-state index in [1.165, 1.54) is 25.7 Å². The highest BCUT2D eigenvalue weighted by Crippen LogP contribution is 2.14. The summed E-state index contributed by atoms with van der Waals surface area (Å²) in [5.74, 6) is 0.536. The number of aliphatic hydroxyl groups is 1. The highest BCUT2D eigenvalue weighted by atomic mass is 16.5. The van der Waals surface area contributed by atoms with Gasteiger partial charge in [0.2, 0.25) is 0 Å². The van der Waals surface area contributed by atoms with Gasteiger partial charge in [0, 0.05) is 0 Å². The molecule has 0 fully saturated rings. The number of aliphatic hydroxyl groups excluding tert-OH is 1. The Morgan fingerprint density at radius 1 is 1.18 bits per heavy atom. The third-order valence-electron chi connectivity index (χ3n) is 3.15. The summed E-state index contributed by atoms with van der Waals surface area (Å²) in [5, 5.41) is 8.57. The molecule has 3 nitrogen and oxygen atoms in total. The third-order valence-corrected chi connectivity index (χ3v) is 3.15. The molecule has 0 rings (SSSR count). The average Bonchev–Trinajstić information content (AvgIpc) is 2.28. The first-order valence-corrected chi connectivity index (χ1v) is 6.90. The van der Waals surface area contributed by atoms with Crippen LogP contribution in [0.4, 0.5) is 0 Å². The summed E-state index contributed by atoms with van der Waals surface area (Å²) >= 11 is 0. The van der Waals surface area contributed by atoms with Crippen molar-refractivity contribution in [2.45, 2.75) is 71.8 Å². The van der Waals surface area contributed by atoms with E-state index in [0.29, 0.717) is 0 Å². The number of rotatable bonds is 10. The van der Waals surface area contributed by atoms with Crippen LogP contribution in [0.5, 0.6) is 0 Å². The zero-order valence-electron chi connectivity index (χ0n) is 11.6. The second kappa shape index (κ2) is 10.6. The molecule has 0 aromatic rings. The summed E-state index contributed by atoms with van der Waals surface area (Å²) in [5.41, 5.74) is 0. The Balaban J connectivity index is 3.38. The summed E-state index contributed by atoms with van der Waals surface area (Å²) < 4.78 is 5.14. The first-order chi connectivity index (χ1) is 8.10. The van der Waals surface area contributed by atoms with Crippen LogP contribution >= 0.6 is 0 Å². The van der Waals surface area contributed by atoms with Crippen molar-refractivity contribution in [1.82, 2.24) is 0 Å². The molecule has 3 heteroatoms. The molecule has 2 atom stereocenters. The van der Waals surface area contributed by atoms with Gasteiger partial charge in [-0.2, -0.15) is 0 Å². The molecule has 0 aliphatic carbocycles. The number of hydrogen-bond donors (Lipinski definition) is 1. The molecule has 0 spiro atoms. The van der Waals surface area contributed by atoms with Crippen LogP contribution in [0.2, 0.25) is 0 Å². The van der Waals surface area contributed by atoms with Crippen LogP contribution < -0.4 is 0 Å². The lowest BCUT2D eigenvalue weighted by atomic mass is 10.00. The van der Waals surface area contributed by atoms with Gasteiger partial charge in [0.1, 0.15) is 0 Å². The fraction of sp³-hybridized carbons (Fsp3) is 0.929. The average molecular weight is 244 g/mol. The fourth-order valence-corrected chi connectivity index (χ4v) is 1.74. The molecule has 0 bridgehead atoms. The highest BCUT2D eigenvalue weighted by Gasteiger charge is 2.08. The van der Waals surface area contributed by atoms with Gasteiger partial charge in [-0.1, -0.05) is 39.5 Å². The molecule has 0 amide bonds. The maximum Gasteiger partial charge on any atom is 0.308 e. The molecule has 0 aliphatic rings. The normalized spacial score (nSPS) is 14.4. The first-order valence-electron chi connectivity index (χ1n) is 6.90. The quantitative estimate of drug-likeness (QED) is 0.474. The number of carbonyl (C=O) groups excluding carboxylic acids is 1. The van der Waals surface area contributed by atoms with Gasteiger partial charge >= 0.3 is 5.97 Å². The van der Waals surface area contributed by atoms with Crippen LogP contribution in [0, 0.1) is 5.92 Å². The molecule has 2 unspecified atom stereocenters. The molecule has 1 N–H and O–H groups in total. The van der Waals surface area contributed by atoms with Crippen LogP contribution in [0.3, 0.4) is 0 Å². The number of hydrogen-bond acceptors (Lipinski definition) is 3. The van der Waals surface area contributed by atoms with Gasteiger partial charge in [-0.3, -0.25) is 4.79 Å². The second-order valence-corrected chi connectivity index (χ2v) is 4.93. The highest BCUT2D eigenvalue weighted by molar-refractivity contribution is 5.69. The van der Waals surface area contributed by atoms with E-state index in [0.717, 1.165) is 18.8 Å². The lowest BCUT2D eigenvalue weighted by Gasteiger charge is -2.13. The lowest BCUT2D eigenvalue weighted by Crippen LogP contribution is -2.15. The molecule has 0 heterocycles. The standard InChI is InChI=1S/C14H28O3/c1-4-12(2)8-6-5-7-9-13(3)17-14(16)10-11-15/h12-13,15H,4-11H2,1-3H3. The van der Waals surface area contributed by atoms with Crippen molar-refractivity contribution in [3.05, 3.63) is 0 Å². The molecular weight excluding hydrogens is 216 g/mol. The van der Waals surface area contributed by atoms with Gasteiger partial charge < -0.3 is 9.84 Å². The zero-order valence-corrected chi connectivity index (χ0v) is 11.6. The second-order valence-electron chi connectivity index (χ2n) is 4.93. The summed E-state index contributed by atoms with van der Waals surface area (Å²) in [7, 11) is 0. The molecule has 17 heavy (non-hydrogen) atoms. The van der Waals surface area contributed by atoms with Gasteiger partial charge in [0.25, 0.3) is 0 Å². The van der Waals surface area contributed by atoms with Crippen molar-refractivity contribution in [3.63, 3.8) is 0 Å². The largest absolute Gasteiger partial charge is 0.463 e. The van der Waals surface area contributed by atoms with Crippen molar-refractivity contribution >= 4 is 5.97 Å². The van der Waals surface area contributed by atoms with E-state index in [9.17, 15) is 4.79 Å². The molecule has 102 valence electrons. The number of ether oxygens (including phenoxy) is 1. The van der Waals surface area contributed by atoms with Crippen LogP contribution in [-0.4, -0.2) is 23.8 Å². The summed E-state index contributed by atoms with van der Waals surface area (Å²) in [6, 6.07) is 0. The minimum atomic E-state index is -0.292. The van der Waals surface area contributed by atoms with Crippen molar-refractivity contribution in [3.8, 4) is 0 Å². The zero-order chi connectivity index (χ0) is 13.1. The number of unbranched alkanes of at least 4 members (excludes halogenated alkanes) is 2. The van der Waals surface area contributed by atoms with E-state index in [1.54, 1.807) is 0 Å². The first kappa shape index (κ1) is 16.4.